The zero-order valence-electron chi connectivity index (χ0n) is 10.1. The fourth-order valence-electron chi connectivity index (χ4n) is 1.73. The lowest BCUT2D eigenvalue weighted by Gasteiger charge is -2.13. The molecule has 0 radical (unpaired) electrons. The number of benzene rings is 1. The summed E-state index contributed by atoms with van der Waals surface area (Å²) in [5, 5.41) is 61.1. The lowest BCUT2D eigenvalue weighted by molar-refractivity contribution is 0.326. The molecule has 0 bridgehead atoms. The van der Waals surface area contributed by atoms with Crippen molar-refractivity contribution in [2.24, 2.45) is 0 Å². The molecule has 0 amide bonds. The van der Waals surface area contributed by atoms with Crippen molar-refractivity contribution in [3.8, 4) is 40.2 Å². The molecule has 0 aliphatic carbocycles. The molecule has 2 aromatic rings. The van der Waals surface area contributed by atoms with Crippen LogP contribution < -0.4 is 0 Å². The van der Waals surface area contributed by atoms with Crippen LogP contribution in [-0.4, -0.2) is 40.4 Å². The van der Waals surface area contributed by atoms with Crippen molar-refractivity contribution in [2.45, 2.75) is 13.8 Å². The maximum Gasteiger partial charge on any atom is 0.208 e. The molecule has 0 saturated carbocycles. The van der Waals surface area contributed by atoms with E-state index in [0.717, 1.165) is 4.68 Å². The molecule has 8 heteroatoms. The Morgan fingerprint density at radius 2 is 1.11 bits per heavy atom. The molecule has 102 valence electrons. The summed E-state index contributed by atoms with van der Waals surface area (Å²) < 4.78 is 0.939. The fourth-order valence-corrected chi connectivity index (χ4v) is 1.73. The zero-order chi connectivity index (χ0) is 14.5. The molecule has 8 nitrogen and oxygen atoms in total. The van der Waals surface area contributed by atoms with Gasteiger partial charge >= 0.3 is 0 Å². The van der Waals surface area contributed by atoms with E-state index < -0.39 is 34.4 Å². The SMILES string of the molecule is Cc1nn(-c2c(O)c(O)c(O)c(O)c2O)c(C)c1O. The van der Waals surface area contributed by atoms with Crippen LogP contribution in [0.5, 0.6) is 34.5 Å². The molecular weight excluding hydrogens is 256 g/mol. The Labute approximate surface area is 107 Å². The number of aromatic hydroxyl groups is 6. The lowest BCUT2D eigenvalue weighted by atomic mass is 10.2. The van der Waals surface area contributed by atoms with Crippen LogP contribution in [-0.2, 0) is 0 Å². The Morgan fingerprint density at radius 3 is 1.47 bits per heavy atom. The normalized spacial score (nSPS) is 10.8. The number of hydrogen-bond donors (Lipinski definition) is 6. The predicted octanol–water partition coefficient (Wildman–Crippen LogP) is 0.723. The third kappa shape index (κ3) is 1.57. The minimum atomic E-state index is -1.05. The topological polar surface area (TPSA) is 139 Å². The summed E-state index contributed by atoms with van der Waals surface area (Å²) in [6, 6.07) is 0. The predicted molar refractivity (Wildman–Crippen MR) is 63.0 cm³/mol. The van der Waals surface area contributed by atoms with Gasteiger partial charge in [0.25, 0.3) is 0 Å². The minimum absolute atomic E-state index is 0.161. The maximum absolute atomic E-state index is 9.74. The van der Waals surface area contributed by atoms with E-state index in [1.807, 2.05) is 0 Å². The highest BCUT2D eigenvalue weighted by atomic mass is 16.4. The van der Waals surface area contributed by atoms with Gasteiger partial charge in [-0.1, -0.05) is 0 Å². The van der Waals surface area contributed by atoms with Crippen molar-refractivity contribution in [1.82, 2.24) is 9.78 Å². The van der Waals surface area contributed by atoms with E-state index in [-0.39, 0.29) is 17.1 Å². The van der Waals surface area contributed by atoms with Gasteiger partial charge < -0.3 is 30.6 Å². The molecule has 0 unspecified atom stereocenters. The Balaban J connectivity index is 2.87. The summed E-state index contributed by atoms with van der Waals surface area (Å²) in [7, 11) is 0. The van der Waals surface area contributed by atoms with E-state index in [1.54, 1.807) is 0 Å². The molecule has 2 rings (SSSR count). The Morgan fingerprint density at radius 1 is 0.684 bits per heavy atom. The van der Waals surface area contributed by atoms with Crippen molar-refractivity contribution < 1.29 is 30.6 Å². The maximum atomic E-state index is 9.74. The average molecular weight is 268 g/mol. The van der Waals surface area contributed by atoms with Gasteiger partial charge in [0.1, 0.15) is 5.69 Å². The first-order valence-electron chi connectivity index (χ1n) is 5.21. The van der Waals surface area contributed by atoms with Crippen LogP contribution in [0.25, 0.3) is 5.69 Å². The zero-order valence-corrected chi connectivity index (χ0v) is 10.1. The van der Waals surface area contributed by atoms with Crippen LogP contribution in [0.2, 0.25) is 0 Å². The summed E-state index contributed by atoms with van der Waals surface area (Å²) in [4.78, 5) is 0. The molecule has 0 spiro atoms. The van der Waals surface area contributed by atoms with Gasteiger partial charge in [-0.2, -0.15) is 5.10 Å². The standard InChI is InChI=1S/C11H12N2O6/c1-3-6(14)4(2)13(12-3)5-7(15)9(17)11(19)10(18)8(5)16/h14-19H,1-2H3. The first-order valence-corrected chi connectivity index (χ1v) is 5.21. The summed E-state index contributed by atoms with van der Waals surface area (Å²) in [6.45, 7) is 2.95. The third-order valence-corrected chi connectivity index (χ3v) is 2.81. The highest BCUT2D eigenvalue weighted by molar-refractivity contribution is 5.74. The van der Waals surface area contributed by atoms with Gasteiger partial charge in [-0.3, -0.25) is 0 Å². The van der Waals surface area contributed by atoms with Crippen LogP contribution in [0.1, 0.15) is 11.4 Å². The quantitative estimate of drug-likeness (QED) is 0.331. The Bertz CT molecular complexity index is 648. The van der Waals surface area contributed by atoms with Crippen molar-refractivity contribution in [3.05, 3.63) is 11.4 Å². The highest BCUT2D eigenvalue weighted by Crippen LogP contribution is 2.52. The van der Waals surface area contributed by atoms with E-state index in [9.17, 15) is 30.6 Å². The molecule has 1 aromatic heterocycles. The second-order valence-electron chi connectivity index (χ2n) is 4.02. The number of aryl methyl sites for hydroxylation is 1. The molecule has 6 N–H and O–H groups in total. The van der Waals surface area contributed by atoms with Gasteiger partial charge in [0.2, 0.25) is 17.2 Å². The molecule has 0 aliphatic rings. The molecule has 0 aliphatic heterocycles. The number of phenols is 5. The second-order valence-corrected chi connectivity index (χ2v) is 4.02. The van der Waals surface area contributed by atoms with Gasteiger partial charge in [0.05, 0.1) is 5.69 Å². The van der Waals surface area contributed by atoms with E-state index >= 15 is 0 Å². The van der Waals surface area contributed by atoms with Crippen LogP contribution in [0.4, 0.5) is 0 Å². The molecule has 19 heavy (non-hydrogen) atoms. The van der Waals surface area contributed by atoms with Crippen molar-refractivity contribution in [2.75, 3.05) is 0 Å². The number of hydrogen-bond acceptors (Lipinski definition) is 7. The summed E-state index contributed by atoms with van der Waals surface area (Å²) in [5.74, 6) is -4.97. The summed E-state index contributed by atoms with van der Waals surface area (Å²) >= 11 is 0. The van der Waals surface area contributed by atoms with E-state index in [1.165, 1.54) is 13.8 Å². The van der Waals surface area contributed by atoms with Crippen LogP contribution >= 0.6 is 0 Å². The van der Waals surface area contributed by atoms with Crippen LogP contribution in [0.15, 0.2) is 0 Å². The molecule has 0 saturated heterocycles. The molecule has 0 fully saturated rings. The minimum Gasteiger partial charge on any atom is -0.504 e. The summed E-state index contributed by atoms with van der Waals surface area (Å²) in [6.07, 6.45) is 0. The number of nitrogens with zero attached hydrogens (tertiary/aromatic N) is 2. The van der Waals surface area contributed by atoms with Gasteiger partial charge in [-0.25, -0.2) is 4.68 Å². The van der Waals surface area contributed by atoms with E-state index in [2.05, 4.69) is 5.10 Å². The Kier molecular flexibility index (Phi) is 2.58. The lowest BCUT2D eigenvalue weighted by Crippen LogP contribution is -2.00. The monoisotopic (exact) mass is 268 g/mol. The molecule has 1 aromatic carbocycles. The molecule has 0 atom stereocenters. The smallest absolute Gasteiger partial charge is 0.208 e. The second kappa shape index (κ2) is 3.87. The molecular formula is C11H12N2O6. The average Bonchev–Trinajstić information content (AvgIpc) is 2.62. The van der Waals surface area contributed by atoms with E-state index in [4.69, 9.17) is 0 Å². The highest BCUT2D eigenvalue weighted by Gasteiger charge is 2.27. The first-order chi connectivity index (χ1) is 8.77. The largest absolute Gasteiger partial charge is 0.504 e. The fraction of sp³-hybridized carbons (Fsp3) is 0.182. The third-order valence-electron chi connectivity index (χ3n) is 2.81. The summed E-state index contributed by atoms with van der Waals surface area (Å²) in [5.41, 5.74) is -0.0513. The van der Waals surface area contributed by atoms with Gasteiger partial charge in [0.15, 0.2) is 22.9 Å². The van der Waals surface area contributed by atoms with Crippen LogP contribution in [0.3, 0.4) is 0 Å². The van der Waals surface area contributed by atoms with Crippen LogP contribution in [0, 0.1) is 13.8 Å². The van der Waals surface area contributed by atoms with E-state index in [0.29, 0.717) is 0 Å². The molecule has 1 heterocycles. The number of phenolic OH excluding ortho intramolecular Hbond substituents is 5. The van der Waals surface area contributed by atoms with Gasteiger partial charge in [0, 0.05) is 0 Å². The first kappa shape index (κ1) is 12.7. The number of rotatable bonds is 1. The van der Waals surface area contributed by atoms with Crippen molar-refractivity contribution >= 4 is 0 Å². The van der Waals surface area contributed by atoms with Crippen molar-refractivity contribution in [1.29, 1.82) is 0 Å². The van der Waals surface area contributed by atoms with Crippen molar-refractivity contribution in [3.63, 3.8) is 0 Å². The van der Waals surface area contributed by atoms with Gasteiger partial charge in [-0.15, -0.1) is 0 Å². The Hall–Kier alpha value is -2.77. The van der Waals surface area contributed by atoms with Gasteiger partial charge in [-0.05, 0) is 13.8 Å². The number of aromatic nitrogens is 2.